The number of aryl methyl sites for hydroxylation is 1. The fourth-order valence-electron chi connectivity index (χ4n) is 3.82. The van der Waals surface area contributed by atoms with Gasteiger partial charge in [-0.2, -0.15) is 0 Å². The maximum absolute atomic E-state index is 4.75. The minimum atomic E-state index is 0. The number of aliphatic imine (C=N–C) groups is 1. The molecular formula is C21H33IN6. The lowest BCUT2D eigenvalue weighted by Gasteiger charge is -2.30. The van der Waals surface area contributed by atoms with Gasteiger partial charge in [0.1, 0.15) is 12.2 Å². The molecule has 2 N–H and O–H groups in total. The van der Waals surface area contributed by atoms with Crippen molar-refractivity contribution in [1.82, 2.24) is 25.4 Å². The fourth-order valence-corrected chi connectivity index (χ4v) is 3.82. The second-order valence-corrected chi connectivity index (χ2v) is 7.16. The molecule has 1 heterocycles. The summed E-state index contributed by atoms with van der Waals surface area (Å²) in [5, 5.41) is 15.1. The minimum absolute atomic E-state index is 0. The van der Waals surface area contributed by atoms with Gasteiger partial charge in [-0.1, -0.05) is 37.3 Å². The number of nitrogens with zero attached hydrogens (tertiary/aromatic N) is 4. The summed E-state index contributed by atoms with van der Waals surface area (Å²) in [7, 11) is 0. The van der Waals surface area contributed by atoms with E-state index >= 15 is 0 Å². The summed E-state index contributed by atoms with van der Waals surface area (Å²) in [6.45, 7) is 6.62. The molecule has 6 nitrogen and oxygen atoms in total. The number of aromatic nitrogens is 3. The van der Waals surface area contributed by atoms with Crippen LogP contribution in [-0.2, 0) is 13.0 Å². The monoisotopic (exact) mass is 496 g/mol. The molecule has 0 bridgehead atoms. The first-order valence-electron chi connectivity index (χ1n) is 10.3. The second-order valence-electron chi connectivity index (χ2n) is 7.16. The van der Waals surface area contributed by atoms with E-state index in [-0.39, 0.29) is 24.0 Å². The van der Waals surface area contributed by atoms with Crippen molar-refractivity contribution in [2.45, 2.75) is 64.5 Å². The highest BCUT2D eigenvalue weighted by molar-refractivity contribution is 14.0. The van der Waals surface area contributed by atoms with Gasteiger partial charge in [-0.15, -0.1) is 34.2 Å². The van der Waals surface area contributed by atoms with Crippen LogP contribution in [-0.4, -0.2) is 39.9 Å². The zero-order valence-corrected chi connectivity index (χ0v) is 19.3. The molecule has 0 saturated heterocycles. The van der Waals surface area contributed by atoms with Gasteiger partial charge in [0.05, 0.1) is 6.54 Å². The van der Waals surface area contributed by atoms with E-state index in [4.69, 9.17) is 4.99 Å². The molecule has 1 aromatic heterocycles. The largest absolute Gasteiger partial charge is 0.357 e. The van der Waals surface area contributed by atoms with E-state index in [0.717, 1.165) is 37.8 Å². The van der Waals surface area contributed by atoms with Gasteiger partial charge in [-0.25, -0.2) is 0 Å². The van der Waals surface area contributed by atoms with Gasteiger partial charge in [0.15, 0.2) is 5.96 Å². The lowest BCUT2D eigenvalue weighted by molar-refractivity contribution is 0.371. The summed E-state index contributed by atoms with van der Waals surface area (Å²) in [6, 6.07) is 11.4. The van der Waals surface area contributed by atoms with Crippen LogP contribution < -0.4 is 10.6 Å². The van der Waals surface area contributed by atoms with E-state index in [2.05, 4.69) is 69.6 Å². The molecule has 2 aromatic rings. The highest BCUT2D eigenvalue weighted by Gasteiger charge is 2.22. The van der Waals surface area contributed by atoms with Crippen LogP contribution in [0.5, 0.6) is 0 Å². The van der Waals surface area contributed by atoms with Gasteiger partial charge in [-0.05, 0) is 44.1 Å². The summed E-state index contributed by atoms with van der Waals surface area (Å²) >= 11 is 0. The Morgan fingerprint density at radius 1 is 1.14 bits per heavy atom. The lowest BCUT2D eigenvalue weighted by atomic mass is 9.82. The molecule has 1 aliphatic carbocycles. The van der Waals surface area contributed by atoms with Gasteiger partial charge < -0.3 is 15.2 Å². The molecular weight excluding hydrogens is 463 g/mol. The predicted octanol–water partition coefficient (Wildman–Crippen LogP) is 3.74. The van der Waals surface area contributed by atoms with Crippen molar-refractivity contribution in [3.63, 3.8) is 0 Å². The van der Waals surface area contributed by atoms with Gasteiger partial charge in [0, 0.05) is 25.6 Å². The molecule has 0 atom stereocenters. The highest BCUT2D eigenvalue weighted by Crippen LogP contribution is 2.32. The van der Waals surface area contributed by atoms with Crippen molar-refractivity contribution in [3.05, 3.63) is 48.0 Å². The Morgan fingerprint density at radius 2 is 1.89 bits per heavy atom. The third-order valence-electron chi connectivity index (χ3n) is 5.31. The zero-order chi connectivity index (χ0) is 18.9. The molecule has 7 heteroatoms. The van der Waals surface area contributed by atoms with Crippen LogP contribution in [0.2, 0.25) is 0 Å². The molecule has 28 heavy (non-hydrogen) atoms. The van der Waals surface area contributed by atoms with Gasteiger partial charge in [0.25, 0.3) is 0 Å². The Morgan fingerprint density at radius 3 is 2.57 bits per heavy atom. The predicted molar refractivity (Wildman–Crippen MR) is 125 cm³/mol. The standard InChI is InChI=1S/C21H32N6.HI/c1-3-20-26-24-16-27(20)15-14-23-21(22-4-2)25-19-12-10-18(11-13-19)17-8-6-5-7-9-17;/h5-9,16,18-19H,3-4,10-15H2,1-2H3,(H2,22,23,25);1H. The number of nitrogens with one attached hydrogen (secondary N) is 2. The van der Waals surface area contributed by atoms with Crippen molar-refractivity contribution in [2.75, 3.05) is 13.1 Å². The van der Waals surface area contributed by atoms with Crippen LogP contribution in [0.3, 0.4) is 0 Å². The molecule has 1 aromatic carbocycles. The van der Waals surface area contributed by atoms with Crippen molar-refractivity contribution in [2.24, 2.45) is 4.99 Å². The molecule has 3 rings (SSSR count). The first-order valence-corrected chi connectivity index (χ1v) is 10.3. The molecule has 0 aliphatic heterocycles. The van der Waals surface area contributed by atoms with Crippen molar-refractivity contribution >= 4 is 29.9 Å². The van der Waals surface area contributed by atoms with E-state index in [1.165, 1.54) is 31.2 Å². The molecule has 1 fully saturated rings. The van der Waals surface area contributed by atoms with Crippen molar-refractivity contribution < 1.29 is 0 Å². The molecule has 154 valence electrons. The number of hydrogen-bond acceptors (Lipinski definition) is 3. The van der Waals surface area contributed by atoms with Crippen molar-refractivity contribution in [3.8, 4) is 0 Å². The van der Waals surface area contributed by atoms with Crippen LogP contribution >= 0.6 is 24.0 Å². The average molecular weight is 496 g/mol. The highest BCUT2D eigenvalue weighted by atomic mass is 127. The summed E-state index contributed by atoms with van der Waals surface area (Å²) in [6.07, 6.45) is 7.54. The maximum Gasteiger partial charge on any atom is 0.191 e. The first kappa shape index (κ1) is 22.6. The molecule has 1 saturated carbocycles. The number of guanidine groups is 1. The number of benzene rings is 1. The molecule has 0 radical (unpaired) electrons. The Kier molecular flexibility index (Phi) is 9.73. The van der Waals surface area contributed by atoms with E-state index < -0.39 is 0 Å². The number of halogens is 1. The summed E-state index contributed by atoms with van der Waals surface area (Å²) in [5.74, 6) is 2.64. The van der Waals surface area contributed by atoms with Gasteiger partial charge in [-0.3, -0.25) is 4.99 Å². The van der Waals surface area contributed by atoms with Gasteiger partial charge >= 0.3 is 0 Å². The summed E-state index contributed by atoms with van der Waals surface area (Å²) < 4.78 is 2.08. The van der Waals surface area contributed by atoms with E-state index in [1.807, 2.05) is 0 Å². The SMILES string of the molecule is CCNC(=NCCn1cnnc1CC)NC1CCC(c2ccccc2)CC1.I. The molecule has 1 aliphatic rings. The van der Waals surface area contributed by atoms with Crippen LogP contribution in [0, 0.1) is 0 Å². The van der Waals surface area contributed by atoms with E-state index in [9.17, 15) is 0 Å². The third kappa shape index (κ3) is 6.46. The quantitative estimate of drug-likeness (QED) is 0.348. The molecule has 0 amide bonds. The van der Waals surface area contributed by atoms with Crippen LogP contribution in [0.4, 0.5) is 0 Å². The number of hydrogen-bond donors (Lipinski definition) is 2. The topological polar surface area (TPSA) is 67.1 Å². The fraction of sp³-hybridized carbons (Fsp3) is 0.571. The minimum Gasteiger partial charge on any atom is -0.357 e. The Balaban J connectivity index is 0.00000280. The third-order valence-corrected chi connectivity index (χ3v) is 5.31. The van der Waals surface area contributed by atoms with E-state index in [0.29, 0.717) is 12.0 Å². The Hall–Kier alpha value is -1.64. The second kappa shape index (κ2) is 12.0. The Bertz CT molecular complexity index is 707. The first-order chi connectivity index (χ1) is 13.3. The summed E-state index contributed by atoms with van der Waals surface area (Å²) in [5.41, 5.74) is 1.48. The molecule has 0 unspecified atom stereocenters. The zero-order valence-electron chi connectivity index (χ0n) is 17.0. The average Bonchev–Trinajstić information content (AvgIpc) is 3.17. The summed E-state index contributed by atoms with van der Waals surface area (Å²) in [4.78, 5) is 4.75. The molecule has 0 spiro atoms. The lowest BCUT2D eigenvalue weighted by Crippen LogP contribution is -2.44. The smallest absolute Gasteiger partial charge is 0.191 e. The van der Waals surface area contributed by atoms with E-state index in [1.54, 1.807) is 6.33 Å². The number of rotatable bonds is 7. The van der Waals surface area contributed by atoms with Crippen LogP contribution in [0.1, 0.15) is 56.8 Å². The van der Waals surface area contributed by atoms with Crippen LogP contribution in [0.15, 0.2) is 41.7 Å². The maximum atomic E-state index is 4.75. The normalized spacial score (nSPS) is 19.7. The van der Waals surface area contributed by atoms with Gasteiger partial charge in [0.2, 0.25) is 0 Å². The Labute approximate surface area is 185 Å². The van der Waals surface area contributed by atoms with Crippen molar-refractivity contribution in [1.29, 1.82) is 0 Å². The van der Waals surface area contributed by atoms with Crippen LogP contribution in [0.25, 0.3) is 0 Å².